The van der Waals surface area contributed by atoms with Crippen molar-refractivity contribution in [2.24, 2.45) is 0 Å². The minimum absolute atomic E-state index is 0.891. The Kier molecular flexibility index (Phi) is 16.2. The molecule has 3 heterocycles. The summed E-state index contributed by atoms with van der Waals surface area (Å²) in [6.07, 6.45) is 0. The molecule has 21 aromatic rings. The van der Waals surface area contributed by atoms with Crippen LogP contribution in [0.4, 0.5) is 34.1 Å². The fraction of sp³-hybridized carbons (Fsp3) is 0. The van der Waals surface area contributed by atoms with E-state index in [1.165, 1.54) is 70.9 Å². The Balaban J connectivity index is 0.000000109. The van der Waals surface area contributed by atoms with Crippen LogP contribution in [0.1, 0.15) is 0 Å². The minimum atomic E-state index is 0.891. The third-order valence-corrected chi connectivity index (χ3v) is 20.4. The van der Waals surface area contributed by atoms with Crippen LogP contribution in [-0.2, 0) is 0 Å². The number of benzene rings is 18. The van der Waals surface area contributed by atoms with Crippen LogP contribution in [0.2, 0.25) is 0 Å². The second-order valence-electron chi connectivity index (χ2n) is 26.8. The SMILES string of the molecule is c1ccc(-c2ccc(-c3ccc(Nc4ccc5ccccc5c4)c4c3oc3ccccc34)cc2)cc1.c1ccc(Nc2ccc(-c3ccc(-c4cccc5ccccc45)cc3)c3oc4ccccc4c23)cc1.c1ccc(Nc2ccc(-c3cccc4c3ccc3ccccc34)c3oc4ccccc4c23)cc1. The maximum atomic E-state index is 6.51. The van der Waals surface area contributed by atoms with E-state index >= 15 is 0 Å². The van der Waals surface area contributed by atoms with Crippen LogP contribution in [0.25, 0.3) is 165 Å². The molecule has 21 rings (SSSR count). The van der Waals surface area contributed by atoms with Crippen LogP contribution in [0.5, 0.6) is 0 Å². The lowest BCUT2D eigenvalue weighted by molar-refractivity contribution is 0.669. The molecule has 0 bridgehead atoms. The summed E-state index contributed by atoms with van der Waals surface area (Å²) in [6.45, 7) is 0. The van der Waals surface area contributed by atoms with E-state index < -0.39 is 0 Å². The fourth-order valence-corrected chi connectivity index (χ4v) is 15.3. The van der Waals surface area contributed by atoms with Gasteiger partial charge in [-0.05, 0) is 173 Å². The van der Waals surface area contributed by atoms with Gasteiger partial charge in [0.2, 0.25) is 0 Å². The number of furan rings is 3. The van der Waals surface area contributed by atoms with Crippen molar-refractivity contribution in [2.75, 3.05) is 16.0 Å². The van der Waals surface area contributed by atoms with Crippen molar-refractivity contribution in [3.05, 3.63) is 388 Å². The first kappa shape index (κ1) is 62.8. The highest BCUT2D eigenvalue weighted by molar-refractivity contribution is 6.21. The second kappa shape index (κ2) is 27.3. The van der Waals surface area contributed by atoms with Crippen molar-refractivity contribution in [1.29, 1.82) is 0 Å². The average Bonchev–Trinajstić information content (AvgIpc) is 1.48. The molecule has 0 unspecified atom stereocenters. The van der Waals surface area contributed by atoms with Gasteiger partial charge in [-0.2, -0.15) is 0 Å². The largest absolute Gasteiger partial charge is 0.455 e. The normalized spacial score (nSPS) is 11.4. The summed E-state index contributed by atoms with van der Waals surface area (Å²) in [4.78, 5) is 0. The van der Waals surface area contributed by atoms with Gasteiger partial charge in [0.15, 0.2) is 0 Å². The maximum absolute atomic E-state index is 6.51. The molecule has 0 aliphatic rings. The fourth-order valence-electron chi connectivity index (χ4n) is 15.3. The molecule has 106 heavy (non-hydrogen) atoms. The number of fused-ring (bicyclic) bond motifs is 14. The van der Waals surface area contributed by atoms with E-state index in [2.05, 4.69) is 325 Å². The molecule has 6 heteroatoms. The third kappa shape index (κ3) is 11.8. The molecule has 0 fully saturated rings. The van der Waals surface area contributed by atoms with Gasteiger partial charge in [-0.15, -0.1) is 0 Å². The average molecular weight is 1360 g/mol. The van der Waals surface area contributed by atoms with Gasteiger partial charge in [0.25, 0.3) is 0 Å². The quantitative estimate of drug-likeness (QED) is 0.112. The van der Waals surface area contributed by atoms with Crippen LogP contribution >= 0.6 is 0 Å². The van der Waals surface area contributed by atoms with Crippen molar-refractivity contribution < 1.29 is 13.3 Å². The van der Waals surface area contributed by atoms with Crippen molar-refractivity contribution in [3.8, 4) is 55.6 Å². The Morgan fingerprint density at radius 1 is 0.170 bits per heavy atom. The van der Waals surface area contributed by atoms with E-state index in [4.69, 9.17) is 13.3 Å². The van der Waals surface area contributed by atoms with Crippen LogP contribution in [0.15, 0.2) is 401 Å². The van der Waals surface area contributed by atoms with Gasteiger partial charge >= 0.3 is 0 Å². The maximum Gasteiger partial charge on any atom is 0.145 e. The number of nitrogens with one attached hydrogen (secondary N) is 3. The van der Waals surface area contributed by atoms with Crippen LogP contribution < -0.4 is 16.0 Å². The molecule has 0 aliphatic carbocycles. The molecule has 0 atom stereocenters. The highest BCUT2D eigenvalue weighted by Gasteiger charge is 2.22. The van der Waals surface area contributed by atoms with Crippen molar-refractivity contribution >= 4 is 143 Å². The molecule has 0 spiro atoms. The smallest absolute Gasteiger partial charge is 0.145 e. The molecule has 3 N–H and O–H groups in total. The van der Waals surface area contributed by atoms with Gasteiger partial charge in [-0.25, -0.2) is 0 Å². The standard InChI is InChI=1S/2C34H23NO.C32H21NO/c1-2-11-26(12-3-1)35-31-22-21-29(34-33(31)30-14-6-7-16-32(30)36-34)25-19-17-24(18-20-25)28-15-8-10-23-9-4-5-13-27(23)28;1-2-8-23(9-3-1)25-14-16-26(17-15-25)29-20-21-31(33-30-12-6-7-13-32(30)36-34(29)33)35-28-19-18-24-10-4-5-11-27(24)22-28;1-2-10-22(11-3-1)33-29-20-19-27(32-31(29)28-13-6-7-16-30(28)34-32)25-15-8-14-24-23-12-5-4-9-21(23)17-18-26(24)25/h2*1-22,35H;1-20,33H. The zero-order chi connectivity index (χ0) is 70.3. The van der Waals surface area contributed by atoms with Gasteiger partial charge in [0.05, 0.1) is 33.2 Å². The molecule has 0 amide bonds. The summed E-state index contributed by atoms with van der Waals surface area (Å²) >= 11 is 0. The van der Waals surface area contributed by atoms with Gasteiger partial charge in [-0.3, -0.25) is 0 Å². The Labute approximate surface area is 612 Å². The van der Waals surface area contributed by atoms with Crippen LogP contribution in [-0.4, -0.2) is 0 Å². The zero-order valence-corrected chi connectivity index (χ0v) is 57.7. The molecule has 3 aromatic heterocycles. The molecular weight excluding hydrogens is 1290 g/mol. The molecule has 0 saturated carbocycles. The molecule has 0 aliphatic heterocycles. The third-order valence-electron chi connectivity index (χ3n) is 20.4. The number of hydrogen-bond acceptors (Lipinski definition) is 6. The predicted octanol–water partition coefficient (Wildman–Crippen LogP) is 28.9. The lowest BCUT2D eigenvalue weighted by atomic mass is 9.93. The zero-order valence-electron chi connectivity index (χ0n) is 57.7. The van der Waals surface area contributed by atoms with Gasteiger partial charge in [-0.1, -0.05) is 297 Å². The van der Waals surface area contributed by atoms with Crippen molar-refractivity contribution in [3.63, 3.8) is 0 Å². The number of para-hydroxylation sites is 5. The lowest BCUT2D eigenvalue weighted by Crippen LogP contribution is -1.92. The minimum Gasteiger partial charge on any atom is -0.455 e. The first-order valence-electron chi connectivity index (χ1n) is 35.9. The van der Waals surface area contributed by atoms with Gasteiger partial charge in [0, 0.05) is 49.9 Å². The summed E-state index contributed by atoms with van der Waals surface area (Å²) in [5.41, 5.74) is 23.3. The Morgan fingerprint density at radius 3 is 1.08 bits per heavy atom. The Morgan fingerprint density at radius 2 is 0.528 bits per heavy atom. The van der Waals surface area contributed by atoms with Gasteiger partial charge < -0.3 is 29.2 Å². The van der Waals surface area contributed by atoms with Crippen LogP contribution in [0.3, 0.4) is 0 Å². The van der Waals surface area contributed by atoms with E-state index in [9.17, 15) is 0 Å². The number of rotatable bonds is 11. The Bertz CT molecular complexity index is 6830. The van der Waals surface area contributed by atoms with Crippen molar-refractivity contribution in [2.45, 2.75) is 0 Å². The molecule has 18 aromatic carbocycles. The molecule has 0 saturated heterocycles. The summed E-state index contributed by atoms with van der Waals surface area (Å²) in [5.74, 6) is 0. The van der Waals surface area contributed by atoms with E-state index in [0.29, 0.717) is 0 Å². The summed E-state index contributed by atoms with van der Waals surface area (Å²) in [6, 6.07) is 136. The number of anilines is 6. The topological polar surface area (TPSA) is 75.5 Å². The molecule has 500 valence electrons. The summed E-state index contributed by atoms with van der Waals surface area (Å²) in [5, 5.41) is 27.5. The monoisotopic (exact) mass is 1360 g/mol. The lowest BCUT2D eigenvalue weighted by Gasteiger charge is -2.13. The predicted molar refractivity (Wildman–Crippen MR) is 448 cm³/mol. The first-order valence-corrected chi connectivity index (χ1v) is 35.9. The molecular formula is C100H67N3O3. The molecule has 0 radical (unpaired) electrons. The van der Waals surface area contributed by atoms with E-state index in [-0.39, 0.29) is 0 Å². The highest BCUT2D eigenvalue weighted by Crippen LogP contribution is 2.47. The van der Waals surface area contributed by atoms with Crippen molar-refractivity contribution in [1.82, 2.24) is 0 Å². The van der Waals surface area contributed by atoms with Crippen LogP contribution in [0, 0.1) is 0 Å². The van der Waals surface area contributed by atoms with E-state index in [0.717, 1.165) is 128 Å². The Hall–Kier alpha value is -14.2. The summed E-state index contributed by atoms with van der Waals surface area (Å²) < 4.78 is 19.4. The van der Waals surface area contributed by atoms with E-state index in [1.54, 1.807) is 0 Å². The first-order chi connectivity index (χ1) is 52.5. The van der Waals surface area contributed by atoms with E-state index in [1.807, 2.05) is 78.9 Å². The molecule has 6 nitrogen and oxygen atoms in total. The number of hydrogen-bond donors (Lipinski definition) is 3. The second-order valence-corrected chi connectivity index (χ2v) is 26.8. The van der Waals surface area contributed by atoms with Gasteiger partial charge in [0.1, 0.15) is 33.5 Å². The summed E-state index contributed by atoms with van der Waals surface area (Å²) in [7, 11) is 0. The highest BCUT2D eigenvalue weighted by atomic mass is 16.3.